The Kier molecular flexibility index (Phi) is 7.87. The average Bonchev–Trinajstić information content (AvgIpc) is 2.69. The molecule has 1 amide bonds. The van der Waals surface area contributed by atoms with Crippen molar-refractivity contribution < 1.29 is 17.9 Å². The Balaban J connectivity index is 1.91. The largest absolute Gasteiger partial charge is 0.496 e. The number of carbonyl (C=O) groups excluding carboxylic acids is 1. The monoisotopic (exact) mass is 404 g/mol. The highest BCUT2D eigenvalue weighted by Crippen LogP contribution is 2.19. The maximum Gasteiger partial charge on any atom is 0.240 e. The highest BCUT2D eigenvalue weighted by molar-refractivity contribution is 7.92. The lowest BCUT2D eigenvalue weighted by Gasteiger charge is -2.22. The number of rotatable bonds is 10. The molecule has 0 aliphatic rings. The predicted molar refractivity (Wildman–Crippen MR) is 112 cm³/mol. The van der Waals surface area contributed by atoms with Crippen molar-refractivity contribution in [2.75, 3.05) is 30.8 Å². The molecule has 28 heavy (non-hydrogen) atoms. The highest BCUT2D eigenvalue weighted by Gasteiger charge is 2.20. The van der Waals surface area contributed by atoms with E-state index in [1.165, 1.54) is 0 Å². The summed E-state index contributed by atoms with van der Waals surface area (Å²) >= 11 is 0. The van der Waals surface area contributed by atoms with Gasteiger partial charge in [-0.25, -0.2) is 8.42 Å². The molecular weight excluding hydrogens is 376 g/mol. The lowest BCUT2D eigenvalue weighted by molar-refractivity contribution is -0.119. The van der Waals surface area contributed by atoms with Crippen molar-refractivity contribution in [3.8, 4) is 5.75 Å². The van der Waals surface area contributed by atoms with Gasteiger partial charge in [0.15, 0.2) is 0 Å². The Morgan fingerprint density at radius 3 is 2.39 bits per heavy atom. The van der Waals surface area contributed by atoms with Crippen LogP contribution in [0.25, 0.3) is 0 Å². The van der Waals surface area contributed by atoms with Gasteiger partial charge in [0.05, 0.1) is 19.1 Å². The molecule has 0 radical (unpaired) electrons. The van der Waals surface area contributed by atoms with Gasteiger partial charge >= 0.3 is 0 Å². The van der Waals surface area contributed by atoms with Crippen LogP contribution in [0.3, 0.4) is 0 Å². The van der Waals surface area contributed by atoms with Crippen molar-refractivity contribution in [3.63, 3.8) is 0 Å². The topological polar surface area (TPSA) is 75.7 Å². The van der Waals surface area contributed by atoms with E-state index in [0.29, 0.717) is 12.2 Å². The number of nitrogens with one attached hydrogen (secondary N) is 1. The number of amides is 1. The molecule has 2 aromatic carbocycles. The molecule has 0 fully saturated rings. The number of hydrogen-bond acceptors (Lipinski definition) is 4. The van der Waals surface area contributed by atoms with Crippen molar-refractivity contribution in [2.24, 2.45) is 0 Å². The molecule has 0 bridgehead atoms. The SMILES string of the molecule is CCc1ccc(N(CC(=O)NCCCc2ccccc2OC)S(C)(=O)=O)cc1. The number of hydrogen-bond donors (Lipinski definition) is 1. The third kappa shape index (κ3) is 6.27. The summed E-state index contributed by atoms with van der Waals surface area (Å²) in [6.45, 7) is 2.25. The van der Waals surface area contributed by atoms with E-state index in [4.69, 9.17) is 4.74 Å². The van der Waals surface area contributed by atoms with Gasteiger partial charge in [-0.2, -0.15) is 0 Å². The molecule has 0 saturated carbocycles. The standard InChI is InChI=1S/C21H28N2O4S/c1-4-17-11-13-19(14-12-17)23(28(3,25)26)16-21(24)22-15-7-9-18-8-5-6-10-20(18)27-2/h5-6,8,10-14H,4,7,9,15-16H2,1-3H3,(H,22,24). The summed E-state index contributed by atoms with van der Waals surface area (Å²) in [5.41, 5.74) is 2.68. The van der Waals surface area contributed by atoms with Crippen molar-refractivity contribution in [1.82, 2.24) is 5.32 Å². The lowest BCUT2D eigenvalue weighted by atomic mass is 10.1. The van der Waals surface area contributed by atoms with Crippen molar-refractivity contribution in [2.45, 2.75) is 26.2 Å². The normalized spacial score (nSPS) is 11.1. The molecule has 6 nitrogen and oxygen atoms in total. The zero-order valence-electron chi connectivity index (χ0n) is 16.6. The minimum absolute atomic E-state index is 0.237. The molecule has 7 heteroatoms. The summed E-state index contributed by atoms with van der Waals surface area (Å²) in [4.78, 5) is 12.3. The fraction of sp³-hybridized carbons (Fsp3) is 0.381. The first-order valence-electron chi connectivity index (χ1n) is 9.30. The van der Waals surface area contributed by atoms with Crippen LogP contribution in [0.5, 0.6) is 5.75 Å². The Labute approximate surface area is 167 Å². The van der Waals surface area contributed by atoms with Gasteiger partial charge in [-0.05, 0) is 48.6 Å². The van der Waals surface area contributed by atoms with E-state index in [-0.39, 0.29) is 12.5 Å². The second-order valence-corrected chi connectivity index (χ2v) is 8.46. The Morgan fingerprint density at radius 2 is 1.79 bits per heavy atom. The number of carbonyl (C=O) groups is 1. The fourth-order valence-corrected chi connectivity index (χ4v) is 3.76. The maximum atomic E-state index is 12.3. The van der Waals surface area contributed by atoms with E-state index < -0.39 is 10.0 Å². The first-order valence-corrected chi connectivity index (χ1v) is 11.1. The smallest absolute Gasteiger partial charge is 0.240 e. The second-order valence-electron chi connectivity index (χ2n) is 6.55. The van der Waals surface area contributed by atoms with Crippen molar-refractivity contribution >= 4 is 21.6 Å². The van der Waals surface area contributed by atoms with Gasteiger partial charge in [-0.15, -0.1) is 0 Å². The average molecular weight is 405 g/mol. The number of benzene rings is 2. The molecule has 152 valence electrons. The van der Waals surface area contributed by atoms with Crippen LogP contribution in [0.15, 0.2) is 48.5 Å². The van der Waals surface area contributed by atoms with Gasteiger partial charge in [0.25, 0.3) is 0 Å². The van der Waals surface area contributed by atoms with Crippen LogP contribution in [0.4, 0.5) is 5.69 Å². The molecule has 2 rings (SSSR count). The van der Waals surface area contributed by atoms with Crippen LogP contribution < -0.4 is 14.4 Å². The number of sulfonamides is 1. The quantitative estimate of drug-likeness (QED) is 0.618. The van der Waals surface area contributed by atoms with Crippen molar-refractivity contribution in [1.29, 1.82) is 0 Å². The fourth-order valence-electron chi connectivity index (χ4n) is 2.90. The maximum absolute atomic E-state index is 12.3. The van der Waals surface area contributed by atoms with Crippen LogP contribution in [-0.2, 0) is 27.7 Å². The molecule has 0 heterocycles. The molecule has 0 aromatic heterocycles. The Morgan fingerprint density at radius 1 is 1.11 bits per heavy atom. The van der Waals surface area contributed by atoms with Gasteiger partial charge in [0.2, 0.25) is 15.9 Å². The summed E-state index contributed by atoms with van der Waals surface area (Å²) in [6, 6.07) is 15.0. The summed E-state index contributed by atoms with van der Waals surface area (Å²) in [5, 5.41) is 2.80. The minimum atomic E-state index is -3.56. The molecule has 2 aromatic rings. The first-order chi connectivity index (χ1) is 13.3. The molecule has 0 aliphatic carbocycles. The van der Waals surface area contributed by atoms with Gasteiger partial charge in [0.1, 0.15) is 12.3 Å². The molecular formula is C21H28N2O4S. The van der Waals surface area contributed by atoms with E-state index >= 15 is 0 Å². The van der Waals surface area contributed by atoms with Gasteiger partial charge in [0, 0.05) is 6.54 Å². The predicted octanol–water partition coefficient (Wildman–Crippen LogP) is 2.77. The number of methoxy groups -OCH3 is 1. The molecule has 1 N–H and O–H groups in total. The summed E-state index contributed by atoms with van der Waals surface area (Å²) in [5.74, 6) is 0.498. The summed E-state index contributed by atoms with van der Waals surface area (Å²) in [6.07, 6.45) is 3.47. The number of anilines is 1. The van der Waals surface area contributed by atoms with E-state index in [1.54, 1.807) is 19.2 Å². The van der Waals surface area contributed by atoms with Crippen molar-refractivity contribution in [3.05, 3.63) is 59.7 Å². The van der Waals surface area contributed by atoms with E-state index in [0.717, 1.165) is 46.7 Å². The first kappa shape index (κ1) is 21.8. The summed E-state index contributed by atoms with van der Waals surface area (Å²) < 4.78 is 30.7. The third-order valence-corrected chi connectivity index (χ3v) is 5.60. The minimum Gasteiger partial charge on any atom is -0.496 e. The molecule has 0 atom stereocenters. The Hall–Kier alpha value is -2.54. The molecule has 0 aliphatic heterocycles. The zero-order valence-corrected chi connectivity index (χ0v) is 17.5. The number of nitrogens with zero attached hydrogens (tertiary/aromatic N) is 1. The molecule has 0 spiro atoms. The van der Waals surface area contributed by atoms with E-state index in [9.17, 15) is 13.2 Å². The van der Waals surface area contributed by atoms with Crippen LogP contribution in [0.1, 0.15) is 24.5 Å². The van der Waals surface area contributed by atoms with Gasteiger partial charge < -0.3 is 10.1 Å². The van der Waals surface area contributed by atoms with Crippen LogP contribution >= 0.6 is 0 Å². The molecule has 0 saturated heterocycles. The highest BCUT2D eigenvalue weighted by atomic mass is 32.2. The van der Waals surface area contributed by atoms with Crippen LogP contribution in [0.2, 0.25) is 0 Å². The van der Waals surface area contributed by atoms with Gasteiger partial charge in [-0.3, -0.25) is 9.10 Å². The van der Waals surface area contributed by atoms with Crippen LogP contribution in [0, 0.1) is 0 Å². The van der Waals surface area contributed by atoms with Crippen LogP contribution in [-0.4, -0.2) is 40.8 Å². The number of aryl methyl sites for hydroxylation is 2. The number of ether oxygens (including phenoxy) is 1. The third-order valence-electron chi connectivity index (χ3n) is 4.46. The zero-order chi connectivity index (χ0) is 20.6. The lowest BCUT2D eigenvalue weighted by Crippen LogP contribution is -2.40. The summed E-state index contributed by atoms with van der Waals surface area (Å²) in [7, 11) is -1.93. The van der Waals surface area contributed by atoms with E-state index in [2.05, 4.69) is 5.32 Å². The second kappa shape index (κ2) is 10.1. The number of para-hydroxylation sites is 1. The molecule has 0 unspecified atom stereocenters. The van der Waals surface area contributed by atoms with E-state index in [1.807, 2.05) is 43.3 Å². The van der Waals surface area contributed by atoms with Gasteiger partial charge in [-0.1, -0.05) is 37.3 Å². The Bertz CT molecular complexity index is 880.